The van der Waals surface area contributed by atoms with E-state index in [-0.39, 0.29) is 36.0 Å². The van der Waals surface area contributed by atoms with Gasteiger partial charge in [-0.2, -0.15) is 0 Å². The number of carbonyl (C=O) groups is 3. The summed E-state index contributed by atoms with van der Waals surface area (Å²) in [6.45, 7) is 6.73. The number of hydrogen-bond donors (Lipinski definition) is 1. The zero-order valence-corrected chi connectivity index (χ0v) is 19.0. The van der Waals surface area contributed by atoms with E-state index in [4.69, 9.17) is 9.47 Å². The third kappa shape index (κ3) is 4.92. The fourth-order valence-electron chi connectivity index (χ4n) is 4.41. The molecule has 9 heteroatoms. The van der Waals surface area contributed by atoms with Crippen LogP contribution in [0.15, 0.2) is 6.33 Å². The number of carbonyl (C=O) groups excluding carboxylic acids is 3. The Morgan fingerprint density at radius 2 is 2.00 bits per heavy atom. The first-order valence-electron chi connectivity index (χ1n) is 11.2. The number of nitrogens with one attached hydrogen (secondary N) is 1. The number of amides is 2. The Hall–Kier alpha value is -2.42. The lowest BCUT2D eigenvalue weighted by Crippen LogP contribution is -2.65. The van der Waals surface area contributed by atoms with Crippen molar-refractivity contribution in [3.8, 4) is 0 Å². The van der Waals surface area contributed by atoms with Crippen molar-refractivity contribution in [3.05, 3.63) is 17.7 Å². The Morgan fingerprint density at radius 1 is 1.29 bits per heavy atom. The van der Waals surface area contributed by atoms with Crippen LogP contribution in [0.3, 0.4) is 0 Å². The van der Waals surface area contributed by atoms with Gasteiger partial charge in [-0.25, -0.2) is 9.78 Å². The third-order valence-corrected chi connectivity index (χ3v) is 6.14. The van der Waals surface area contributed by atoms with Gasteiger partial charge in [-0.05, 0) is 40.0 Å². The second kappa shape index (κ2) is 9.80. The fourth-order valence-corrected chi connectivity index (χ4v) is 4.41. The number of rotatable bonds is 8. The molecule has 172 valence electrons. The molecule has 1 unspecified atom stereocenters. The molecule has 31 heavy (non-hydrogen) atoms. The first-order chi connectivity index (χ1) is 14.8. The van der Waals surface area contributed by atoms with Crippen molar-refractivity contribution in [1.29, 1.82) is 0 Å². The normalized spacial score (nSPS) is 21.8. The van der Waals surface area contributed by atoms with Crippen molar-refractivity contribution in [2.45, 2.75) is 83.5 Å². The van der Waals surface area contributed by atoms with Gasteiger partial charge in [0.05, 0.1) is 26.1 Å². The number of aromatic nitrogens is 2. The topological polar surface area (TPSA) is 103 Å². The molecule has 1 aliphatic heterocycles. The van der Waals surface area contributed by atoms with Gasteiger partial charge in [-0.15, -0.1) is 0 Å². The summed E-state index contributed by atoms with van der Waals surface area (Å²) in [4.78, 5) is 44.7. The molecule has 2 amide bonds. The fraction of sp³-hybridized carbons (Fsp3) is 0.727. The van der Waals surface area contributed by atoms with Gasteiger partial charge in [0, 0.05) is 19.2 Å². The van der Waals surface area contributed by atoms with Gasteiger partial charge in [0.15, 0.2) is 5.69 Å². The van der Waals surface area contributed by atoms with Crippen molar-refractivity contribution in [2.75, 3.05) is 20.3 Å². The molecule has 9 nitrogen and oxygen atoms in total. The van der Waals surface area contributed by atoms with Crippen LogP contribution >= 0.6 is 0 Å². The van der Waals surface area contributed by atoms with E-state index in [1.165, 1.54) is 19.9 Å². The maximum Gasteiger partial charge on any atom is 0.359 e. The lowest BCUT2D eigenvalue weighted by molar-refractivity contribution is -0.134. The monoisotopic (exact) mass is 434 g/mol. The van der Waals surface area contributed by atoms with E-state index in [9.17, 15) is 14.4 Å². The first kappa shape index (κ1) is 23.2. The summed E-state index contributed by atoms with van der Waals surface area (Å²) < 4.78 is 12.0. The minimum Gasteiger partial charge on any atom is -0.464 e. The van der Waals surface area contributed by atoms with Crippen molar-refractivity contribution in [2.24, 2.45) is 0 Å². The van der Waals surface area contributed by atoms with Crippen LogP contribution < -0.4 is 5.32 Å². The van der Waals surface area contributed by atoms with Gasteiger partial charge < -0.3 is 24.3 Å². The highest BCUT2D eigenvalue weighted by atomic mass is 16.5. The zero-order chi connectivity index (χ0) is 22.6. The Kier molecular flexibility index (Phi) is 7.35. The van der Waals surface area contributed by atoms with Crippen LogP contribution in [0, 0.1) is 0 Å². The number of nitrogens with zero attached hydrogens (tertiary/aromatic N) is 3. The molecule has 1 saturated carbocycles. The molecule has 1 atom stereocenters. The number of imidazole rings is 1. The molecule has 0 spiro atoms. The summed E-state index contributed by atoms with van der Waals surface area (Å²) in [6.07, 6.45) is 7.42. The average molecular weight is 435 g/mol. The van der Waals surface area contributed by atoms with Gasteiger partial charge in [0.25, 0.3) is 5.91 Å². The molecule has 0 saturated heterocycles. The third-order valence-electron chi connectivity index (χ3n) is 6.14. The summed E-state index contributed by atoms with van der Waals surface area (Å²) in [5, 5.41) is 3.17. The maximum atomic E-state index is 13.5. The van der Waals surface area contributed by atoms with E-state index in [0.717, 1.165) is 25.7 Å². The Balaban J connectivity index is 1.87. The van der Waals surface area contributed by atoms with Gasteiger partial charge in [-0.1, -0.05) is 19.3 Å². The van der Waals surface area contributed by atoms with Crippen LogP contribution in [-0.2, 0) is 20.8 Å². The summed E-state index contributed by atoms with van der Waals surface area (Å²) >= 11 is 0. The standard InChI is InChI=1S/C22H34N4O5/c1-15(2)31-12-8-11-26-19(27)18-17(20(28)30-4)23-14-25(18)13-22(26,3)21(29)24-16-9-6-5-7-10-16/h14-16H,5-13H2,1-4H3,(H,24,29). The van der Waals surface area contributed by atoms with Gasteiger partial charge in [0.1, 0.15) is 11.2 Å². The molecule has 1 N–H and O–H groups in total. The molecule has 2 heterocycles. The Morgan fingerprint density at radius 3 is 2.65 bits per heavy atom. The zero-order valence-electron chi connectivity index (χ0n) is 19.0. The van der Waals surface area contributed by atoms with E-state index in [1.54, 1.807) is 16.4 Å². The SMILES string of the molecule is COC(=O)c1ncn2c1C(=O)N(CCCOC(C)C)C(C)(C(=O)NC1CCCCC1)C2. The molecule has 2 aliphatic rings. The molecular formula is C22H34N4O5. The lowest BCUT2D eigenvalue weighted by atomic mass is 9.91. The number of fused-ring (bicyclic) bond motifs is 1. The highest BCUT2D eigenvalue weighted by Gasteiger charge is 2.49. The number of ether oxygens (including phenoxy) is 2. The largest absolute Gasteiger partial charge is 0.464 e. The van der Waals surface area contributed by atoms with Gasteiger partial charge in [-0.3, -0.25) is 9.59 Å². The molecule has 3 rings (SSSR count). The second-order valence-electron chi connectivity index (χ2n) is 8.87. The van der Waals surface area contributed by atoms with Crippen molar-refractivity contribution >= 4 is 17.8 Å². The van der Waals surface area contributed by atoms with E-state index >= 15 is 0 Å². The van der Waals surface area contributed by atoms with Crippen molar-refractivity contribution < 1.29 is 23.9 Å². The predicted octanol–water partition coefficient (Wildman–Crippen LogP) is 2.15. The van der Waals surface area contributed by atoms with Gasteiger partial charge in [0.2, 0.25) is 5.91 Å². The summed E-state index contributed by atoms with van der Waals surface area (Å²) in [5.41, 5.74) is -0.946. The number of esters is 1. The van der Waals surface area contributed by atoms with Crippen molar-refractivity contribution in [3.63, 3.8) is 0 Å². The van der Waals surface area contributed by atoms with Crippen molar-refractivity contribution in [1.82, 2.24) is 19.8 Å². The molecule has 0 bridgehead atoms. The van der Waals surface area contributed by atoms with Gasteiger partial charge >= 0.3 is 5.97 Å². The van der Waals surface area contributed by atoms with E-state index in [1.807, 2.05) is 13.8 Å². The Labute approximate surface area is 183 Å². The number of methoxy groups -OCH3 is 1. The molecule has 1 aromatic rings. The van der Waals surface area contributed by atoms with Crippen LogP contribution in [0.1, 0.15) is 80.3 Å². The van der Waals surface area contributed by atoms with Crippen LogP contribution in [0.4, 0.5) is 0 Å². The summed E-state index contributed by atoms with van der Waals surface area (Å²) in [5.74, 6) is -1.23. The maximum absolute atomic E-state index is 13.5. The predicted molar refractivity (Wildman–Crippen MR) is 114 cm³/mol. The molecule has 0 aromatic carbocycles. The van der Waals surface area contributed by atoms with Crippen LogP contribution in [0.5, 0.6) is 0 Å². The van der Waals surface area contributed by atoms with E-state index in [2.05, 4.69) is 10.3 Å². The molecular weight excluding hydrogens is 400 g/mol. The minimum atomic E-state index is -1.09. The highest BCUT2D eigenvalue weighted by molar-refractivity contribution is 6.06. The lowest BCUT2D eigenvalue weighted by Gasteiger charge is -2.44. The summed E-state index contributed by atoms with van der Waals surface area (Å²) in [6, 6.07) is 0.133. The summed E-state index contributed by atoms with van der Waals surface area (Å²) in [7, 11) is 1.25. The van der Waals surface area contributed by atoms with Crippen LogP contribution in [0.25, 0.3) is 0 Å². The molecule has 1 aromatic heterocycles. The first-order valence-corrected chi connectivity index (χ1v) is 11.2. The average Bonchev–Trinajstić information content (AvgIpc) is 3.16. The molecule has 0 radical (unpaired) electrons. The quantitative estimate of drug-likeness (QED) is 0.497. The van der Waals surface area contributed by atoms with Crippen LogP contribution in [-0.4, -0.2) is 70.2 Å². The molecule has 1 aliphatic carbocycles. The van der Waals surface area contributed by atoms with E-state index in [0.29, 0.717) is 19.6 Å². The van der Waals surface area contributed by atoms with Crippen LogP contribution in [0.2, 0.25) is 0 Å². The molecule has 1 fully saturated rings. The number of hydrogen-bond acceptors (Lipinski definition) is 6. The Bertz CT molecular complexity index is 815. The smallest absolute Gasteiger partial charge is 0.359 e. The van der Waals surface area contributed by atoms with E-state index < -0.39 is 17.4 Å². The minimum absolute atomic E-state index is 0.0225. The second-order valence-corrected chi connectivity index (χ2v) is 8.87. The highest BCUT2D eigenvalue weighted by Crippen LogP contribution is 2.30.